The van der Waals surface area contributed by atoms with Gasteiger partial charge in [-0.3, -0.25) is 4.79 Å². The van der Waals surface area contributed by atoms with Crippen molar-refractivity contribution in [3.63, 3.8) is 0 Å². The molecule has 19 heavy (non-hydrogen) atoms. The van der Waals surface area contributed by atoms with Crippen LogP contribution in [0.3, 0.4) is 0 Å². The standard InChI is InChI=1S/C12H15BrN4O2/c1-7(6-18)8(2)16-12(19)10-4-15-17-5-9(13)3-14-11(10)17/h3-5,7-8,18H,6H2,1-2H3,(H,16,19). The van der Waals surface area contributed by atoms with Gasteiger partial charge >= 0.3 is 0 Å². The predicted molar refractivity (Wildman–Crippen MR) is 73.9 cm³/mol. The summed E-state index contributed by atoms with van der Waals surface area (Å²) in [6.45, 7) is 3.76. The van der Waals surface area contributed by atoms with Crippen molar-refractivity contribution < 1.29 is 9.90 Å². The van der Waals surface area contributed by atoms with Gasteiger partial charge in [0, 0.05) is 25.0 Å². The van der Waals surface area contributed by atoms with E-state index in [1.807, 2.05) is 13.8 Å². The second-order valence-corrected chi connectivity index (χ2v) is 5.44. The minimum Gasteiger partial charge on any atom is -0.396 e. The Morgan fingerprint density at radius 3 is 2.95 bits per heavy atom. The molecular formula is C12H15BrN4O2. The summed E-state index contributed by atoms with van der Waals surface area (Å²) in [6, 6.07) is -0.122. The fraction of sp³-hybridized carbons (Fsp3) is 0.417. The number of nitrogens with zero attached hydrogens (tertiary/aromatic N) is 3. The molecule has 0 aliphatic heterocycles. The van der Waals surface area contributed by atoms with Gasteiger partial charge in [0.25, 0.3) is 5.91 Å². The van der Waals surface area contributed by atoms with Crippen LogP contribution in [0.4, 0.5) is 0 Å². The number of carbonyl (C=O) groups is 1. The van der Waals surface area contributed by atoms with Crippen molar-refractivity contribution in [1.29, 1.82) is 0 Å². The lowest BCUT2D eigenvalue weighted by Crippen LogP contribution is -2.38. The lowest BCUT2D eigenvalue weighted by atomic mass is 10.1. The molecule has 7 heteroatoms. The third kappa shape index (κ3) is 2.93. The Labute approximate surface area is 119 Å². The lowest BCUT2D eigenvalue weighted by molar-refractivity contribution is 0.0918. The van der Waals surface area contributed by atoms with E-state index >= 15 is 0 Å². The van der Waals surface area contributed by atoms with Gasteiger partial charge in [0.2, 0.25) is 0 Å². The number of nitrogens with one attached hydrogen (secondary N) is 1. The van der Waals surface area contributed by atoms with Crippen molar-refractivity contribution in [2.75, 3.05) is 6.61 Å². The van der Waals surface area contributed by atoms with E-state index in [-0.39, 0.29) is 24.5 Å². The molecule has 2 atom stereocenters. The first kappa shape index (κ1) is 14.0. The molecule has 2 heterocycles. The lowest BCUT2D eigenvalue weighted by Gasteiger charge is -2.18. The third-order valence-electron chi connectivity index (χ3n) is 3.07. The molecule has 102 valence electrons. The Kier molecular flexibility index (Phi) is 4.16. The van der Waals surface area contributed by atoms with Crippen LogP contribution in [0.5, 0.6) is 0 Å². The first-order valence-corrected chi connectivity index (χ1v) is 6.73. The summed E-state index contributed by atoms with van der Waals surface area (Å²) in [5.41, 5.74) is 0.925. The summed E-state index contributed by atoms with van der Waals surface area (Å²) in [6.07, 6.45) is 4.84. The van der Waals surface area contributed by atoms with Crippen LogP contribution in [-0.4, -0.2) is 38.3 Å². The maximum Gasteiger partial charge on any atom is 0.256 e. The SMILES string of the molecule is CC(CO)C(C)NC(=O)c1cnn2cc(Br)cnc12. The van der Waals surface area contributed by atoms with Gasteiger partial charge in [0.15, 0.2) is 5.65 Å². The molecule has 0 aliphatic rings. The second-order valence-electron chi connectivity index (χ2n) is 4.52. The van der Waals surface area contributed by atoms with Crippen LogP contribution in [0.1, 0.15) is 24.2 Å². The Morgan fingerprint density at radius 1 is 1.53 bits per heavy atom. The Bertz CT molecular complexity index is 598. The van der Waals surface area contributed by atoms with Crippen LogP contribution in [0.2, 0.25) is 0 Å². The summed E-state index contributed by atoms with van der Waals surface area (Å²) in [7, 11) is 0. The molecular weight excluding hydrogens is 312 g/mol. The van der Waals surface area contributed by atoms with Crippen LogP contribution in [-0.2, 0) is 0 Å². The highest BCUT2D eigenvalue weighted by molar-refractivity contribution is 9.10. The summed E-state index contributed by atoms with van der Waals surface area (Å²) in [5.74, 6) is -0.245. The molecule has 2 N–H and O–H groups in total. The molecule has 0 fully saturated rings. The molecule has 0 saturated heterocycles. The molecule has 6 nitrogen and oxygen atoms in total. The van der Waals surface area contributed by atoms with Crippen molar-refractivity contribution in [3.05, 3.63) is 28.6 Å². The molecule has 0 radical (unpaired) electrons. The van der Waals surface area contributed by atoms with Crippen LogP contribution in [0, 0.1) is 5.92 Å². The van der Waals surface area contributed by atoms with Crippen molar-refractivity contribution in [2.24, 2.45) is 5.92 Å². The van der Waals surface area contributed by atoms with E-state index in [9.17, 15) is 4.79 Å². The highest BCUT2D eigenvalue weighted by Crippen LogP contribution is 2.13. The largest absolute Gasteiger partial charge is 0.396 e. The van der Waals surface area contributed by atoms with Crippen molar-refractivity contribution in [2.45, 2.75) is 19.9 Å². The normalized spacial score (nSPS) is 14.3. The summed E-state index contributed by atoms with van der Waals surface area (Å²) < 4.78 is 2.33. The molecule has 1 amide bonds. The molecule has 0 aliphatic carbocycles. The fourth-order valence-corrected chi connectivity index (χ4v) is 1.89. The van der Waals surface area contributed by atoms with E-state index in [0.29, 0.717) is 11.2 Å². The predicted octanol–water partition coefficient (Wildman–Crippen LogP) is 1.24. The average Bonchev–Trinajstić information content (AvgIpc) is 2.80. The number of aliphatic hydroxyl groups is 1. The zero-order valence-electron chi connectivity index (χ0n) is 10.7. The second kappa shape index (κ2) is 5.66. The molecule has 2 rings (SSSR count). The molecule has 0 aromatic carbocycles. The Balaban J connectivity index is 2.22. The van der Waals surface area contributed by atoms with Gasteiger partial charge in [-0.05, 0) is 28.8 Å². The molecule has 2 unspecified atom stereocenters. The number of hydrogen-bond acceptors (Lipinski definition) is 4. The maximum atomic E-state index is 12.1. The number of fused-ring (bicyclic) bond motifs is 1. The number of carbonyl (C=O) groups excluding carboxylic acids is 1. The van der Waals surface area contributed by atoms with Gasteiger partial charge in [-0.1, -0.05) is 6.92 Å². The number of halogens is 1. The van der Waals surface area contributed by atoms with Crippen LogP contribution in [0.25, 0.3) is 5.65 Å². The van der Waals surface area contributed by atoms with Gasteiger partial charge < -0.3 is 10.4 Å². The zero-order chi connectivity index (χ0) is 14.0. The number of amides is 1. The fourth-order valence-electron chi connectivity index (χ4n) is 1.60. The van der Waals surface area contributed by atoms with E-state index in [1.54, 1.807) is 16.9 Å². The van der Waals surface area contributed by atoms with E-state index < -0.39 is 0 Å². The smallest absolute Gasteiger partial charge is 0.256 e. The summed E-state index contributed by atoms with van der Waals surface area (Å²) >= 11 is 3.30. The topological polar surface area (TPSA) is 79.5 Å². The zero-order valence-corrected chi connectivity index (χ0v) is 12.3. The number of aromatic nitrogens is 3. The van der Waals surface area contributed by atoms with Gasteiger partial charge in [0.1, 0.15) is 5.56 Å². The minimum atomic E-state index is -0.238. The first-order chi connectivity index (χ1) is 9.02. The summed E-state index contributed by atoms with van der Waals surface area (Å²) in [5, 5.41) is 16.0. The van der Waals surface area contributed by atoms with Crippen LogP contribution in [0.15, 0.2) is 23.1 Å². The number of hydrogen-bond donors (Lipinski definition) is 2. The highest BCUT2D eigenvalue weighted by atomic mass is 79.9. The summed E-state index contributed by atoms with van der Waals surface area (Å²) in [4.78, 5) is 16.3. The van der Waals surface area contributed by atoms with Gasteiger partial charge in [-0.2, -0.15) is 5.10 Å². The molecule has 2 aromatic rings. The Morgan fingerprint density at radius 2 is 2.26 bits per heavy atom. The van der Waals surface area contributed by atoms with E-state index in [2.05, 4.69) is 31.3 Å². The molecule has 0 spiro atoms. The van der Waals surface area contributed by atoms with Crippen molar-refractivity contribution in [1.82, 2.24) is 19.9 Å². The monoisotopic (exact) mass is 326 g/mol. The minimum absolute atomic E-state index is 0.00658. The molecule has 2 aromatic heterocycles. The number of rotatable bonds is 4. The molecule has 0 bridgehead atoms. The highest BCUT2D eigenvalue weighted by Gasteiger charge is 2.18. The van der Waals surface area contributed by atoms with Crippen molar-refractivity contribution in [3.8, 4) is 0 Å². The van der Waals surface area contributed by atoms with Crippen LogP contribution >= 0.6 is 15.9 Å². The van der Waals surface area contributed by atoms with Gasteiger partial charge in [-0.25, -0.2) is 9.50 Å². The van der Waals surface area contributed by atoms with Gasteiger partial charge in [-0.15, -0.1) is 0 Å². The van der Waals surface area contributed by atoms with Gasteiger partial charge in [0.05, 0.1) is 10.7 Å². The van der Waals surface area contributed by atoms with E-state index in [4.69, 9.17) is 5.11 Å². The quantitative estimate of drug-likeness (QED) is 0.885. The average molecular weight is 327 g/mol. The third-order valence-corrected chi connectivity index (χ3v) is 3.48. The molecule has 0 saturated carbocycles. The van der Waals surface area contributed by atoms with E-state index in [0.717, 1.165) is 4.47 Å². The van der Waals surface area contributed by atoms with Crippen molar-refractivity contribution >= 4 is 27.5 Å². The number of aliphatic hydroxyl groups excluding tert-OH is 1. The Hall–Kier alpha value is -1.47. The van der Waals surface area contributed by atoms with Crippen LogP contribution < -0.4 is 5.32 Å². The first-order valence-electron chi connectivity index (χ1n) is 5.93. The van der Waals surface area contributed by atoms with E-state index in [1.165, 1.54) is 6.20 Å². The maximum absolute atomic E-state index is 12.1.